The Labute approximate surface area is 112 Å². The maximum Gasteiger partial charge on any atom is 0.144 e. The maximum atomic E-state index is 12.5. The molecule has 1 aliphatic heterocycles. The largest absolute Gasteiger partial charge is 0.385 e. The SMILES string of the molecule is O=C(Cc1cccnc1)C1CCNc2ccccc21. The van der Waals surface area contributed by atoms with Gasteiger partial charge in [0.2, 0.25) is 0 Å². The molecule has 1 atom stereocenters. The second-order valence-corrected chi connectivity index (χ2v) is 4.86. The van der Waals surface area contributed by atoms with E-state index in [0.717, 1.165) is 29.8 Å². The smallest absolute Gasteiger partial charge is 0.144 e. The molecular weight excluding hydrogens is 236 g/mol. The molecule has 1 unspecified atom stereocenters. The molecule has 0 amide bonds. The summed E-state index contributed by atoms with van der Waals surface area (Å²) < 4.78 is 0. The number of nitrogens with zero attached hydrogens (tertiary/aromatic N) is 1. The zero-order valence-electron chi connectivity index (χ0n) is 10.7. The van der Waals surface area contributed by atoms with Gasteiger partial charge in [0.15, 0.2) is 0 Å². The van der Waals surface area contributed by atoms with Crippen molar-refractivity contribution < 1.29 is 4.79 Å². The minimum Gasteiger partial charge on any atom is -0.385 e. The highest BCUT2D eigenvalue weighted by Gasteiger charge is 2.25. The summed E-state index contributed by atoms with van der Waals surface area (Å²) in [6.45, 7) is 0.862. The Morgan fingerprint density at radius 2 is 2.16 bits per heavy atom. The van der Waals surface area contributed by atoms with Gasteiger partial charge in [-0.3, -0.25) is 9.78 Å². The van der Waals surface area contributed by atoms with Crippen molar-refractivity contribution in [1.82, 2.24) is 4.98 Å². The van der Waals surface area contributed by atoms with E-state index in [1.54, 1.807) is 12.4 Å². The van der Waals surface area contributed by atoms with Crippen molar-refractivity contribution in [2.75, 3.05) is 11.9 Å². The normalized spacial score (nSPS) is 17.4. The molecule has 1 aromatic heterocycles. The van der Waals surface area contributed by atoms with Gasteiger partial charge in [-0.1, -0.05) is 24.3 Å². The minimum absolute atomic E-state index is 0.0117. The standard InChI is InChI=1S/C16H16N2O/c19-16(10-12-4-3-8-17-11-12)14-7-9-18-15-6-2-1-5-13(14)15/h1-6,8,11,14,18H,7,9-10H2. The summed E-state index contributed by atoms with van der Waals surface area (Å²) in [4.78, 5) is 16.5. The highest BCUT2D eigenvalue weighted by atomic mass is 16.1. The lowest BCUT2D eigenvalue weighted by molar-refractivity contribution is -0.120. The number of carbonyl (C=O) groups is 1. The van der Waals surface area contributed by atoms with Gasteiger partial charge in [0.05, 0.1) is 0 Å². The quantitative estimate of drug-likeness (QED) is 0.913. The molecule has 0 spiro atoms. The zero-order valence-corrected chi connectivity index (χ0v) is 10.7. The van der Waals surface area contributed by atoms with Crippen LogP contribution in [0, 0.1) is 0 Å². The third-order valence-electron chi connectivity index (χ3n) is 3.57. The lowest BCUT2D eigenvalue weighted by Gasteiger charge is -2.25. The predicted molar refractivity (Wildman–Crippen MR) is 75.2 cm³/mol. The van der Waals surface area contributed by atoms with Crippen LogP contribution < -0.4 is 5.32 Å². The molecule has 1 aliphatic rings. The van der Waals surface area contributed by atoms with Crippen molar-refractivity contribution in [3.8, 4) is 0 Å². The van der Waals surface area contributed by atoms with E-state index in [4.69, 9.17) is 0 Å². The molecule has 3 heteroatoms. The molecule has 0 bridgehead atoms. The monoisotopic (exact) mass is 252 g/mol. The molecule has 1 aromatic carbocycles. The van der Waals surface area contributed by atoms with Gasteiger partial charge in [-0.05, 0) is 29.7 Å². The fraction of sp³-hybridized carbons (Fsp3) is 0.250. The van der Waals surface area contributed by atoms with Crippen molar-refractivity contribution in [1.29, 1.82) is 0 Å². The van der Waals surface area contributed by atoms with Crippen molar-refractivity contribution in [3.05, 3.63) is 59.9 Å². The zero-order chi connectivity index (χ0) is 13.1. The van der Waals surface area contributed by atoms with Crippen LogP contribution in [0.15, 0.2) is 48.8 Å². The van der Waals surface area contributed by atoms with Gasteiger partial charge < -0.3 is 5.32 Å². The summed E-state index contributed by atoms with van der Waals surface area (Å²) >= 11 is 0. The second-order valence-electron chi connectivity index (χ2n) is 4.86. The predicted octanol–water partition coefficient (Wildman–Crippen LogP) is 2.79. The molecule has 0 saturated carbocycles. The molecule has 1 N–H and O–H groups in total. The Hall–Kier alpha value is -2.16. The van der Waals surface area contributed by atoms with E-state index < -0.39 is 0 Å². The van der Waals surface area contributed by atoms with E-state index in [1.165, 1.54) is 0 Å². The van der Waals surface area contributed by atoms with Gasteiger partial charge in [0.25, 0.3) is 0 Å². The molecule has 3 rings (SSSR count). The number of rotatable bonds is 3. The van der Waals surface area contributed by atoms with Crippen molar-refractivity contribution >= 4 is 11.5 Å². The number of para-hydroxylation sites is 1. The van der Waals surface area contributed by atoms with Crippen LogP contribution in [-0.4, -0.2) is 17.3 Å². The number of nitrogens with one attached hydrogen (secondary N) is 1. The maximum absolute atomic E-state index is 12.5. The Kier molecular flexibility index (Phi) is 3.27. The Balaban J connectivity index is 1.82. The fourth-order valence-electron chi connectivity index (χ4n) is 2.63. The van der Waals surface area contributed by atoms with Crippen LogP contribution in [-0.2, 0) is 11.2 Å². The topological polar surface area (TPSA) is 42.0 Å². The average molecular weight is 252 g/mol. The molecule has 0 saturated heterocycles. The molecule has 96 valence electrons. The first-order valence-electron chi connectivity index (χ1n) is 6.59. The number of carbonyl (C=O) groups excluding carboxylic acids is 1. The fourth-order valence-corrected chi connectivity index (χ4v) is 2.63. The third kappa shape index (κ3) is 2.50. The van der Waals surface area contributed by atoms with Crippen LogP contribution >= 0.6 is 0 Å². The van der Waals surface area contributed by atoms with E-state index in [0.29, 0.717) is 6.42 Å². The van der Waals surface area contributed by atoms with Gasteiger partial charge in [0, 0.05) is 37.0 Å². The highest BCUT2D eigenvalue weighted by Crippen LogP contribution is 2.32. The highest BCUT2D eigenvalue weighted by molar-refractivity contribution is 5.89. The van der Waals surface area contributed by atoms with E-state index in [9.17, 15) is 4.79 Å². The summed E-state index contributed by atoms with van der Waals surface area (Å²) in [5.74, 6) is 0.291. The molecule has 0 fully saturated rings. The van der Waals surface area contributed by atoms with Crippen LogP contribution in [0.25, 0.3) is 0 Å². The third-order valence-corrected chi connectivity index (χ3v) is 3.57. The lowest BCUT2D eigenvalue weighted by Crippen LogP contribution is -2.24. The van der Waals surface area contributed by atoms with Crippen molar-refractivity contribution in [2.45, 2.75) is 18.8 Å². The number of ketones is 1. The summed E-state index contributed by atoms with van der Waals surface area (Å²) in [5, 5.41) is 3.35. The van der Waals surface area contributed by atoms with Gasteiger partial charge in [-0.2, -0.15) is 0 Å². The number of pyridine rings is 1. The summed E-state index contributed by atoms with van der Waals surface area (Å²) in [6.07, 6.45) is 4.83. The lowest BCUT2D eigenvalue weighted by atomic mass is 9.85. The Morgan fingerprint density at radius 1 is 1.26 bits per heavy atom. The molecule has 19 heavy (non-hydrogen) atoms. The first-order valence-corrected chi connectivity index (χ1v) is 6.59. The van der Waals surface area contributed by atoms with Gasteiger partial charge in [-0.15, -0.1) is 0 Å². The number of aromatic nitrogens is 1. The van der Waals surface area contributed by atoms with Crippen LogP contribution in [0.1, 0.15) is 23.5 Å². The molecular formula is C16H16N2O. The van der Waals surface area contributed by atoms with Crippen LogP contribution in [0.2, 0.25) is 0 Å². The van der Waals surface area contributed by atoms with Crippen molar-refractivity contribution in [3.63, 3.8) is 0 Å². The summed E-state index contributed by atoms with van der Waals surface area (Å²) in [6, 6.07) is 11.9. The molecule has 0 radical (unpaired) electrons. The average Bonchev–Trinajstić information content (AvgIpc) is 2.47. The van der Waals surface area contributed by atoms with Gasteiger partial charge in [0.1, 0.15) is 5.78 Å². The van der Waals surface area contributed by atoms with E-state index >= 15 is 0 Å². The Morgan fingerprint density at radius 3 is 3.00 bits per heavy atom. The second kappa shape index (κ2) is 5.22. The first kappa shape index (κ1) is 11.9. The minimum atomic E-state index is 0.0117. The molecule has 2 heterocycles. The Bertz CT molecular complexity index is 580. The van der Waals surface area contributed by atoms with Gasteiger partial charge >= 0.3 is 0 Å². The summed E-state index contributed by atoms with van der Waals surface area (Å²) in [7, 11) is 0. The first-order chi connectivity index (χ1) is 9.34. The number of Topliss-reactive ketones (excluding diaryl/α,β-unsaturated/α-hetero) is 1. The van der Waals surface area contributed by atoms with E-state index in [1.807, 2.05) is 36.4 Å². The molecule has 3 nitrogen and oxygen atoms in total. The number of hydrogen-bond acceptors (Lipinski definition) is 3. The van der Waals surface area contributed by atoms with Crippen LogP contribution in [0.4, 0.5) is 5.69 Å². The number of fused-ring (bicyclic) bond motifs is 1. The molecule has 2 aromatic rings. The van der Waals surface area contributed by atoms with Gasteiger partial charge in [-0.25, -0.2) is 0 Å². The number of hydrogen-bond donors (Lipinski definition) is 1. The van der Waals surface area contributed by atoms with E-state index in [-0.39, 0.29) is 11.7 Å². The molecule has 0 aliphatic carbocycles. The summed E-state index contributed by atoms with van der Waals surface area (Å²) in [5.41, 5.74) is 3.21. The van der Waals surface area contributed by atoms with Crippen molar-refractivity contribution in [2.24, 2.45) is 0 Å². The number of anilines is 1. The number of benzene rings is 1. The van der Waals surface area contributed by atoms with E-state index in [2.05, 4.69) is 10.3 Å². The van der Waals surface area contributed by atoms with Crippen LogP contribution in [0.5, 0.6) is 0 Å². The van der Waals surface area contributed by atoms with Crippen LogP contribution in [0.3, 0.4) is 0 Å².